The maximum absolute atomic E-state index is 15.0. The van der Waals surface area contributed by atoms with Gasteiger partial charge in [0, 0.05) is 21.4 Å². The second-order valence-electron chi connectivity index (χ2n) is 12.1. The average molecular weight is 682 g/mol. The van der Waals surface area contributed by atoms with Crippen LogP contribution < -0.4 is 10.2 Å². The number of hydrogen-bond donors (Lipinski definition) is 1. The topological polar surface area (TPSA) is 75.7 Å². The Morgan fingerprint density at radius 3 is 2.09 bits per heavy atom. The third-order valence-corrected chi connectivity index (χ3v) is 10.2. The molecule has 230 valence electrons. The number of esters is 1. The molecule has 0 unspecified atom stereocenters. The summed E-state index contributed by atoms with van der Waals surface area (Å²) in [6, 6.07) is 39.7. The van der Waals surface area contributed by atoms with Crippen molar-refractivity contribution in [2.75, 3.05) is 10.2 Å². The lowest BCUT2D eigenvalue weighted by molar-refractivity contribution is -0.150. The number of hydrogen-bond acceptors (Lipinski definition) is 5. The highest BCUT2D eigenvalue weighted by Gasteiger charge is 2.71. The van der Waals surface area contributed by atoms with Gasteiger partial charge in [-0.2, -0.15) is 0 Å². The van der Waals surface area contributed by atoms with Crippen LogP contribution in [0.5, 0.6) is 0 Å². The number of rotatable bonds is 6. The Bertz CT molecular complexity index is 2010. The highest BCUT2D eigenvalue weighted by atomic mass is 79.9. The minimum absolute atomic E-state index is 0.303. The first kappa shape index (κ1) is 29.2. The number of Topliss-reactive ketones (excluding diaryl/α,β-unsaturated/α-hetero) is 1. The van der Waals surface area contributed by atoms with Crippen LogP contribution in [-0.4, -0.2) is 29.7 Å². The molecule has 0 radical (unpaired) electrons. The highest BCUT2D eigenvalue weighted by Crippen LogP contribution is 2.58. The van der Waals surface area contributed by atoms with Gasteiger partial charge < -0.3 is 15.0 Å². The van der Waals surface area contributed by atoms with Gasteiger partial charge in [0.05, 0.1) is 12.0 Å². The van der Waals surface area contributed by atoms with E-state index in [-0.39, 0.29) is 11.7 Å². The maximum atomic E-state index is 15.0. The third-order valence-electron chi connectivity index (χ3n) is 9.63. The van der Waals surface area contributed by atoms with Crippen molar-refractivity contribution in [1.29, 1.82) is 0 Å². The first-order valence-corrected chi connectivity index (χ1v) is 16.3. The predicted octanol–water partition coefficient (Wildman–Crippen LogP) is 7.76. The fourth-order valence-electron chi connectivity index (χ4n) is 7.66. The zero-order valence-electron chi connectivity index (χ0n) is 25.1. The van der Waals surface area contributed by atoms with Crippen molar-refractivity contribution in [2.45, 2.75) is 23.6 Å². The van der Waals surface area contributed by atoms with Crippen molar-refractivity contribution in [2.24, 2.45) is 5.92 Å². The molecule has 8 rings (SSSR count). The molecule has 1 saturated heterocycles. The molecule has 0 aliphatic carbocycles. The van der Waals surface area contributed by atoms with Crippen molar-refractivity contribution in [3.8, 4) is 0 Å². The van der Waals surface area contributed by atoms with Crippen LogP contribution in [-0.2, 0) is 19.7 Å². The van der Waals surface area contributed by atoms with Gasteiger partial charge in [-0.25, -0.2) is 4.79 Å². The number of carbonyl (C=O) groups is 3. The largest absolute Gasteiger partial charge is 0.451 e. The summed E-state index contributed by atoms with van der Waals surface area (Å²) in [7, 11) is 0. The first-order chi connectivity index (χ1) is 23.0. The Hall–Kier alpha value is -5.27. The molecular formula is C40H29BrN2O4. The van der Waals surface area contributed by atoms with E-state index in [0.717, 1.165) is 26.9 Å². The molecule has 1 spiro atoms. The highest BCUT2D eigenvalue weighted by molar-refractivity contribution is 9.10. The van der Waals surface area contributed by atoms with Gasteiger partial charge in [-0.3, -0.25) is 9.59 Å². The smallest absolute Gasteiger partial charge is 0.330 e. The number of amides is 1. The predicted molar refractivity (Wildman–Crippen MR) is 185 cm³/mol. The number of carbonyl (C=O) groups excluding carboxylic acids is 3. The van der Waals surface area contributed by atoms with E-state index in [9.17, 15) is 4.79 Å². The molecule has 4 atom stereocenters. The van der Waals surface area contributed by atoms with Gasteiger partial charge in [0.15, 0.2) is 11.9 Å². The average Bonchev–Trinajstić information content (AvgIpc) is 3.60. The van der Waals surface area contributed by atoms with Crippen molar-refractivity contribution in [1.82, 2.24) is 0 Å². The Labute approximate surface area is 280 Å². The normalized spacial score (nSPS) is 22.0. The molecule has 3 aliphatic rings. The van der Waals surface area contributed by atoms with Crippen molar-refractivity contribution < 1.29 is 19.1 Å². The minimum Gasteiger partial charge on any atom is -0.451 e. The summed E-state index contributed by atoms with van der Waals surface area (Å²) in [6.45, 7) is 0. The van der Waals surface area contributed by atoms with E-state index in [1.165, 1.54) is 0 Å². The number of ether oxygens (including phenoxy) is 1. The number of nitrogens with zero attached hydrogens (tertiary/aromatic N) is 1. The molecule has 0 saturated carbocycles. The fourth-order valence-corrected chi connectivity index (χ4v) is 7.92. The Balaban J connectivity index is 1.35. The Kier molecular flexibility index (Phi) is 7.14. The van der Waals surface area contributed by atoms with Crippen LogP contribution in [0.25, 0.3) is 6.08 Å². The molecule has 1 N–H and O–H groups in total. The summed E-state index contributed by atoms with van der Waals surface area (Å²) in [5, 5.41) is 3.07. The van der Waals surface area contributed by atoms with Crippen LogP contribution in [0.15, 0.2) is 144 Å². The number of anilines is 2. The molecule has 3 aliphatic heterocycles. The summed E-state index contributed by atoms with van der Waals surface area (Å²) < 4.78 is 7.35. The third kappa shape index (κ3) is 4.56. The van der Waals surface area contributed by atoms with Crippen LogP contribution in [0, 0.1) is 5.92 Å². The lowest BCUT2D eigenvalue weighted by atomic mass is 9.64. The first-order valence-electron chi connectivity index (χ1n) is 15.5. The van der Waals surface area contributed by atoms with Gasteiger partial charge >= 0.3 is 5.97 Å². The zero-order valence-corrected chi connectivity index (χ0v) is 26.7. The van der Waals surface area contributed by atoms with Crippen LogP contribution in [0.3, 0.4) is 0 Å². The quantitative estimate of drug-likeness (QED) is 0.147. The molecule has 6 nitrogen and oxygen atoms in total. The van der Waals surface area contributed by atoms with Gasteiger partial charge in [0.1, 0.15) is 11.5 Å². The molecule has 7 heteroatoms. The summed E-state index contributed by atoms with van der Waals surface area (Å²) >= 11 is 3.48. The second kappa shape index (κ2) is 11.5. The molecular weight excluding hydrogens is 652 g/mol. The lowest BCUT2D eigenvalue weighted by Gasteiger charge is -2.37. The number of halogens is 1. The van der Waals surface area contributed by atoms with E-state index in [4.69, 9.17) is 4.74 Å². The van der Waals surface area contributed by atoms with Crippen LogP contribution >= 0.6 is 15.9 Å². The van der Waals surface area contributed by atoms with Crippen molar-refractivity contribution in [3.05, 3.63) is 172 Å². The standard InChI is InChI=1S/C40H29BrN2O4/c41-29-22-19-26(20-23-29)36(44)34-35(38(45)47-37(27-12-3-1-4-13-27)28-14-5-2-6-15-28)43-32-18-10-7-11-25(32)21-24-33(43)40(34)30-16-8-9-17-31(30)42-39(40)46/h1-24,33-35,37H,(H,42,46)/t33-,34+,35-,40+/m0/s1. The Morgan fingerprint density at radius 1 is 0.766 bits per heavy atom. The number of ketones is 1. The number of nitrogens with one attached hydrogen (secondary N) is 1. The molecule has 0 aromatic heterocycles. The summed E-state index contributed by atoms with van der Waals surface area (Å²) in [5.74, 6) is -2.32. The Morgan fingerprint density at radius 2 is 1.38 bits per heavy atom. The number of benzene rings is 5. The van der Waals surface area contributed by atoms with E-state index in [1.54, 1.807) is 24.3 Å². The van der Waals surface area contributed by atoms with Crippen LogP contribution in [0.1, 0.15) is 38.7 Å². The fraction of sp³-hybridized carbons (Fsp3) is 0.125. The molecule has 5 aromatic rings. The van der Waals surface area contributed by atoms with E-state index in [1.807, 2.05) is 126 Å². The lowest BCUT2D eigenvalue weighted by Crippen LogP contribution is -2.51. The number of para-hydroxylation sites is 2. The second-order valence-corrected chi connectivity index (χ2v) is 13.0. The van der Waals surface area contributed by atoms with Gasteiger partial charge in [-0.15, -0.1) is 0 Å². The van der Waals surface area contributed by atoms with Gasteiger partial charge in [0.25, 0.3) is 0 Å². The molecule has 1 fully saturated rings. The summed E-state index contributed by atoms with van der Waals surface area (Å²) in [5.41, 5.74) is 3.58. The maximum Gasteiger partial charge on any atom is 0.330 e. The van der Waals surface area contributed by atoms with E-state index in [2.05, 4.69) is 21.2 Å². The van der Waals surface area contributed by atoms with Crippen molar-refractivity contribution >= 4 is 51.0 Å². The van der Waals surface area contributed by atoms with E-state index >= 15 is 9.59 Å². The van der Waals surface area contributed by atoms with Gasteiger partial charge in [-0.05, 0) is 46.5 Å². The van der Waals surface area contributed by atoms with E-state index < -0.39 is 35.5 Å². The van der Waals surface area contributed by atoms with Crippen LogP contribution in [0.4, 0.5) is 11.4 Å². The number of fused-ring (bicyclic) bond motifs is 6. The summed E-state index contributed by atoms with van der Waals surface area (Å²) in [4.78, 5) is 46.6. The molecule has 5 aromatic carbocycles. The van der Waals surface area contributed by atoms with E-state index in [0.29, 0.717) is 16.8 Å². The molecule has 3 heterocycles. The molecule has 0 bridgehead atoms. The minimum atomic E-state index is -1.41. The SMILES string of the molecule is O=C(OC(c1ccccc1)c1ccccc1)[C@@H]1[C@H](C(=O)c2ccc(Br)cc2)[C@]2(C(=O)Nc3ccccc32)[C@@H]2C=Cc3ccccc3N12. The van der Waals surface area contributed by atoms with Gasteiger partial charge in [0.2, 0.25) is 5.91 Å². The molecule has 1 amide bonds. The molecule has 47 heavy (non-hydrogen) atoms. The monoisotopic (exact) mass is 680 g/mol. The van der Waals surface area contributed by atoms with Crippen LogP contribution in [0.2, 0.25) is 0 Å². The van der Waals surface area contributed by atoms with Gasteiger partial charge in [-0.1, -0.05) is 137 Å². The van der Waals surface area contributed by atoms with Crippen molar-refractivity contribution in [3.63, 3.8) is 0 Å². The zero-order chi connectivity index (χ0) is 32.1. The summed E-state index contributed by atoms with van der Waals surface area (Å²) in [6.07, 6.45) is 3.21.